The predicted octanol–water partition coefficient (Wildman–Crippen LogP) is 1.12. The molecule has 2 N–H and O–H groups in total. The van der Waals surface area contributed by atoms with Crippen LogP contribution in [0.2, 0.25) is 0 Å². The van der Waals surface area contributed by atoms with Crippen molar-refractivity contribution in [3.8, 4) is 0 Å². The summed E-state index contributed by atoms with van der Waals surface area (Å²) in [6.07, 6.45) is 0. The van der Waals surface area contributed by atoms with E-state index in [9.17, 15) is 4.79 Å². The van der Waals surface area contributed by atoms with E-state index in [2.05, 4.69) is 5.22 Å². The van der Waals surface area contributed by atoms with Crippen molar-refractivity contribution in [3.63, 3.8) is 0 Å². The number of amidine groups is 1. The zero-order chi connectivity index (χ0) is 8.85. The van der Waals surface area contributed by atoms with Crippen LogP contribution in [0.1, 0.15) is 6.92 Å². The van der Waals surface area contributed by atoms with Gasteiger partial charge in [-0.15, -0.1) is 0 Å². The number of hydrogen-bond donors (Lipinski definition) is 2. The Bertz CT molecular complexity index is 181. The van der Waals surface area contributed by atoms with Crippen LogP contribution in [0.3, 0.4) is 0 Å². The molecule has 0 atom stereocenters. The maximum atomic E-state index is 10.4. The summed E-state index contributed by atoms with van der Waals surface area (Å²) in [4.78, 5) is 10.4. The Morgan fingerprint density at radius 1 is 1.73 bits per heavy atom. The molecule has 5 nitrogen and oxygen atoms in total. The van der Waals surface area contributed by atoms with Gasteiger partial charge in [0.25, 0.3) is 0 Å². The maximum Gasteiger partial charge on any atom is 0.178 e. The molecule has 0 aromatic rings. The number of rotatable bonds is 3. The first-order valence-corrected chi connectivity index (χ1v) is 3.88. The molecule has 0 heterocycles. The number of carbonyl (C=O) groups excluding carboxylic acids is 1. The van der Waals surface area contributed by atoms with Gasteiger partial charge in [-0.05, 0) is 6.92 Å². The molecule has 0 radical (unpaired) electrons. The Morgan fingerprint density at radius 2 is 2.27 bits per heavy atom. The van der Waals surface area contributed by atoms with Crippen molar-refractivity contribution in [2.45, 2.75) is 6.92 Å². The average molecular weight is 174 g/mol. The highest BCUT2D eigenvalue weighted by atomic mass is 32.2. The van der Waals surface area contributed by atoms with Crippen LogP contribution in [0, 0.1) is 10.9 Å². The van der Waals surface area contributed by atoms with E-state index in [1.54, 1.807) is 0 Å². The predicted molar refractivity (Wildman–Crippen MR) is 43.8 cm³/mol. The summed E-state index contributed by atoms with van der Waals surface area (Å²) < 4.78 is 0. The van der Waals surface area contributed by atoms with Crippen LogP contribution in [-0.4, -0.2) is 28.8 Å². The molecule has 0 saturated carbocycles. The third kappa shape index (κ3) is 4.49. The Balaban J connectivity index is 3.69. The van der Waals surface area contributed by atoms with Crippen molar-refractivity contribution in [3.05, 3.63) is 0 Å². The maximum absolute atomic E-state index is 10.4. The van der Waals surface area contributed by atoms with E-state index >= 15 is 0 Å². The molecule has 0 aliphatic carbocycles. The van der Waals surface area contributed by atoms with Gasteiger partial charge in [0.15, 0.2) is 5.17 Å². The second kappa shape index (κ2) is 4.84. The smallest absolute Gasteiger partial charge is 0.178 e. The van der Waals surface area contributed by atoms with E-state index < -0.39 is 0 Å². The molecule has 0 aromatic heterocycles. The lowest BCUT2D eigenvalue weighted by molar-refractivity contribution is -0.114. The first kappa shape index (κ1) is 10.1. The average Bonchev–Trinajstić information content (AvgIpc) is 1.98. The lowest BCUT2D eigenvalue weighted by atomic mass is 10.5. The van der Waals surface area contributed by atoms with Gasteiger partial charge in [-0.1, -0.05) is 17.0 Å². The summed E-state index contributed by atoms with van der Waals surface area (Å²) in [5, 5.41) is 11.4. The van der Waals surface area contributed by atoms with Gasteiger partial charge < -0.3 is 0 Å². The number of nitrogens with one attached hydrogen (secondary N) is 2. The van der Waals surface area contributed by atoms with Gasteiger partial charge in [0, 0.05) is 7.05 Å². The van der Waals surface area contributed by atoms with Crippen LogP contribution < -0.4 is 0 Å². The summed E-state index contributed by atoms with van der Waals surface area (Å²) in [5.41, 5.74) is 6.54. The summed E-state index contributed by atoms with van der Waals surface area (Å²) in [6.45, 7) is 1.46. The van der Waals surface area contributed by atoms with Crippen molar-refractivity contribution in [2.75, 3.05) is 12.8 Å². The molecule has 0 fully saturated rings. The molecule has 0 saturated heterocycles. The Morgan fingerprint density at radius 3 is 2.64 bits per heavy atom. The fraction of sp³-hybridized carbons (Fsp3) is 0.600. The minimum absolute atomic E-state index is 0.0122. The Labute approximate surface area is 69.1 Å². The third-order valence-corrected chi connectivity index (χ3v) is 1.94. The molecule has 0 spiro atoms. The number of Topliss-reactive ketones (excluding diaryl/α,β-unsaturated/α-hetero) is 1. The molecule has 0 aliphatic heterocycles. The molecule has 6 heteroatoms. The zero-order valence-electron chi connectivity index (χ0n) is 6.42. The molecule has 0 rings (SSSR count). The minimum Gasteiger partial charge on any atom is -0.299 e. The standard InChI is InChI=1S/C5H10N4OS/c1-4(10)3-11-5(6)9(2)8-7/h6-7H,3H2,1-2H3. The van der Waals surface area contributed by atoms with E-state index in [-0.39, 0.29) is 16.7 Å². The summed E-state index contributed by atoms with van der Waals surface area (Å²) >= 11 is 1.06. The minimum atomic E-state index is 0.0122. The second-order valence-electron chi connectivity index (χ2n) is 1.92. The van der Waals surface area contributed by atoms with E-state index in [0.717, 1.165) is 16.8 Å². The SMILES string of the molecule is CC(=O)CSC(=N)N(C)N=N. The molecule has 0 amide bonds. The molecule has 11 heavy (non-hydrogen) atoms. The van der Waals surface area contributed by atoms with Crippen molar-refractivity contribution >= 4 is 22.7 Å². The van der Waals surface area contributed by atoms with Crippen molar-refractivity contribution in [2.24, 2.45) is 5.22 Å². The first-order chi connectivity index (χ1) is 5.07. The fourth-order valence-corrected chi connectivity index (χ4v) is 0.876. The van der Waals surface area contributed by atoms with Gasteiger partial charge in [-0.3, -0.25) is 10.2 Å². The summed E-state index contributed by atoms with van der Waals surface area (Å²) in [6, 6.07) is 0. The molecular formula is C5H10N4OS. The third-order valence-electron chi connectivity index (χ3n) is 0.856. The van der Waals surface area contributed by atoms with E-state index in [1.165, 1.54) is 14.0 Å². The highest BCUT2D eigenvalue weighted by Crippen LogP contribution is 2.05. The van der Waals surface area contributed by atoms with Crippen LogP contribution in [0.4, 0.5) is 0 Å². The van der Waals surface area contributed by atoms with Crippen LogP contribution in [-0.2, 0) is 4.79 Å². The van der Waals surface area contributed by atoms with Crippen molar-refractivity contribution in [1.82, 2.24) is 5.01 Å². The first-order valence-electron chi connectivity index (χ1n) is 2.89. The number of ketones is 1. The number of thioether (sulfide) groups is 1. The van der Waals surface area contributed by atoms with Gasteiger partial charge in [0.2, 0.25) is 0 Å². The van der Waals surface area contributed by atoms with E-state index in [1.807, 2.05) is 0 Å². The van der Waals surface area contributed by atoms with Gasteiger partial charge in [-0.25, -0.2) is 5.01 Å². The molecule has 0 bridgehead atoms. The van der Waals surface area contributed by atoms with Crippen molar-refractivity contribution in [1.29, 1.82) is 10.9 Å². The molecule has 0 aromatic carbocycles. The lowest BCUT2D eigenvalue weighted by Crippen LogP contribution is -2.17. The van der Waals surface area contributed by atoms with Gasteiger partial charge in [0.1, 0.15) is 5.78 Å². The second-order valence-corrected chi connectivity index (χ2v) is 2.88. The quantitative estimate of drug-likeness (QED) is 0.291. The van der Waals surface area contributed by atoms with Gasteiger partial charge >= 0.3 is 0 Å². The van der Waals surface area contributed by atoms with E-state index in [0.29, 0.717) is 0 Å². The van der Waals surface area contributed by atoms with Crippen LogP contribution >= 0.6 is 11.8 Å². The van der Waals surface area contributed by atoms with Crippen molar-refractivity contribution < 1.29 is 4.79 Å². The zero-order valence-corrected chi connectivity index (χ0v) is 7.23. The highest BCUT2D eigenvalue weighted by molar-refractivity contribution is 8.14. The number of carbonyl (C=O) groups is 1. The molecule has 62 valence electrons. The lowest BCUT2D eigenvalue weighted by Gasteiger charge is -2.08. The fourth-order valence-electron chi connectivity index (χ4n) is 0.309. The monoisotopic (exact) mass is 174 g/mol. The molecule has 0 unspecified atom stereocenters. The molecule has 0 aliphatic rings. The largest absolute Gasteiger partial charge is 0.299 e. The van der Waals surface area contributed by atoms with Crippen LogP contribution in [0.15, 0.2) is 5.22 Å². The summed E-state index contributed by atoms with van der Waals surface area (Å²) in [5.74, 6) is 0.275. The normalized spacial score (nSPS) is 8.91. The van der Waals surface area contributed by atoms with Crippen LogP contribution in [0.25, 0.3) is 0 Å². The Hall–Kier alpha value is -0.910. The van der Waals surface area contributed by atoms with E-state index in [4.69, 9.17) is 10.9 Å². The Kier molecular flexibility index (Phi) is 4.44. The summed E-state index contributed by atoms with van der Waals surface area (Å²) in [7, 11) is 1.49. The van der Waals surface area contributed by atoms with Gasteiger partial charge in [0.05, 0.1) is 5.75 Å². The van der Waals surface area contributed by atoms with Crippen LogP contribution in [0.5, 0.6) is 0 Å². The topological polar surface area (TPSA) is 80.4 Å². The number of nitrogens with zero attached hydrogens (tertiary/aromatic N) is 2. The number of hydrogen-bond acceptors (Lipinski definition) is 5. The van der Waals surface area contributed by atoms with Gasteiger partial charge in [-0.2, -0.15) is 5.53 Å². The highest BCUT2D eigenvalue weighted by Gasteiger charge is 2.04. The molecular weight excluding hydrogens is 164 g/mol.